The summed E-state index contributed by atoms with van der Waals surface area (Å²) in [5.41, 5.74) is 2.39. The first-order valence-electron chi connectivity index (χ1n) is 8.11. The molecule has 0 amide bonds. The summed E-state index contributed by atoms with van der Waals surface area (Å²) in [7, 11) is 0. The molecule has 0 bridgehead atoms. The van der Waals surface area contributed by atoms with Gasteiger partial charge < -0.3 is 10.1 Å². The molecule has 2 heterocycles. The first-order valence-corrected chi connectivity index (χ1v) is 8.92. The van der Waals surface area contributed by atoms with Gasteiger partial charge in [-0.3, -0.25) is 0 Å². The number of aryl methyl sites for hydroxylation is 2. The molecule has 1 aromatic carbocycles. The molecule has 0 atom stereocenters. The average Bonchev–Trinajstić information content (AvgIpc) is 3.15. The minimum absolute atomic E-state index is 0.714. The minimum atomic E-state index is 0.714. The Kier molecular flexibility index (Phi) is 3.87. The van der Waals surface area contributed by atoms with Gasteiger partial charge in [0.2, 0.25) is 0 Å². The van der Waals surface area contributed by atoms with Gasteiger partial charge in [-0.05, 0) is 43.4 Å². The first-order chi connectivity index (χ1) is 11.4. The van der Waals surface area contributed by atoms with Crippen LogP contribution in [0.2, 0.25) is 0 Å². The van der Waals surface area contributed by atoms with Crippen LogP contribution in [-0.4, -0.2) is 16.6 Å². The summed E-state index contributed by atoms with van der Waals surface area (Å²) in [6.07, 6.45) is 6.18. The van der Waals surface area contributed by atoms with Crippen LogP contribution in [0, 0.1) is 0 Å². The molecule has 0 unspecified atom stereocenters. The van der Waals surface area contributed by atoms with Crippen molar-refractivity contribution in [1.82, 2.24) is 9.97 Å². The molecule has 0 saturated carbocycles. The lowest BCUT2D eigenvalue weighted by atomic mass is 10.2. The molecule has 2 aromatic heterocycles. The topological polar surface area (TPSA) is 47.0 Å². The number of anilines is 2. The largest absolute Gasteiger partial charge is 0.491 e. The zero-order valence-corrected chi connectivity index (χ0v) is 13.9. The van der Waals surface area contributed by atoms with Crippen molar-refractivity contribution in [2.45, 2.75) is 32.6 Å². The van der Waals surface area contributed by atoms with E-state index in [1.165, 1.54) is 28.7 Å². The number of para-hydroxylation sites is 2. The van der Waals surface area contributed by atoms with Crippen molar-refractivity contribution in [3.8, 4) is 5.75 Å². The number of hydrogen-bond acceptors (Lipinski definition) is 5. The zero-order chi connectivity index (χ0) is 15.6. The van der Waals surface area contributed by atoms with Crippen LogP contribution in [0.1, 0.15) is 30.2 Å². The standard InChI is InChI=1S/C18H19N3OS/c1-2-10-22-14-8-4-3-7-13(14)21-17-16-12-6-5-9-15(12)23-18(16)20-11-19-17/h3-4,7-8,11H,2,5-6,9-10H2,1H3,(H,19,20,21). The molecule has 4 nitrogen and oxygen atoms in total. The lowest BCUT2D eigenvalue weighted by Crippen LogP contribution is -2.01. The number of hydrogen-bond donors (Lipinski definition) is 1. The van der Waals surface area contributed by atoms with E-state index in [2.05, 4.69) is 22.2 Å². The Hall–Kier alpha value is -2.14. The number of nitrogens with zero attached hydrogens (tertiary/aromatic N) is 2. The van der Waals surface area contributed by atoms with Gasteiger partial charge in [0.25, 0.3) is 0 Å². The van der Waals surface area contributed by atoms with Gasteiger partial charge in [-0.15, -0.1) is 11.3 Å². The fraction of sp³-hybridized carbons (Fsp3) is 0.333. The SMILES string of the molecule is CCCOc1ccccc1Nc1ncnc2sc3c(c12)CCC3. The molecule has 1 N–H and O–H groups in total. The fourth-order valence-electron chi connectivity index (χ4n) is 3.06. The van der Waals surface area contributed by atoms with Crippen molar-refractivity contribution in [3.63, 3.8) is 0 Å². The highest BCUT2D eigenvalue weighted by Gasteiger charge is 2.21. The number of ether oxygens (including phenoxy) is 1. The molecule has 1 aliphatic rings. The molecule has 0 radical (unpaired) electrons. The number of nitrogens with one attached hydrogen (secondary N) is 1. The van der Waals surface area contributed by atoms with Gasteiger partial charge in [0, 0.05) is 4.88 Å². The van der Waals surface area contributed by atoms with E-state index in [0.29, 0.717) is 6.61 Å². The van der Waals surface area contributed by atoms with E-state index < -0.39 is 0 Å². The molecule has 1 aliphatic carbocycles. The summed E-state index contributed by atoms with van der Waals surface area (Å²) in [4.78, 5) is 11.5. The summed E-state index contributed by atoms with van der Waals surface area (Å²) in [5.74, 6) is 1.76. The minimum Gasteiger partial charge on any atom is -0.491 e. The van der Waals surface area contributed by atoms with Gasteiger partial charge in [0.1, 0.15) is 22.7 Å². The van der Waals surface area contributed by atoms with Crippen LogP contribution in [0.3, 0.4) is 0 Å². The summed E-state index contributed by atoms with van der Waals surface area (Å²) in [6, 6.07) is 8.03. The molecule has 118 valence electrons. The predicted octanol–water partition coefficient (Wildman–Crippen LogP) is 4.71. The number of rotatable bonds is 5. The maximum atomic E-state index is 5.84. The van der Waals surface area contributed by atoms with Gasteiger partial charge in [-0.2, -0.15) is 0 Å². The highest BCUT2D eigenvalue weighted by Crippen LogP contribution is 2.40. The molecule has 0 fully saturated rings. The van der Waals surface area contributed by atoms with Crippen molar-refractivity contribution in [3.05, 3.63) is 41.0 Å². The van der Waals surface area contributed by atoms with E-state index in [0.717, 1.165) is 34.9 Å². The lowest BCUT2D eigenvalue weighted by molar-refractivity contribution is 0.319. The van der Waals surface area contributed by atoms with E-state index in [9.17, 15) is 0 Å². The Bertz CT molecular complexity index is 843. The van der Waals surface area contributed by atoms with Crippen LogP contribution >= 0.6 is 11.3 Å². The fourth-order valence-corrected chi connectivity index (χ4v) is 4.29. The van der Waals surface area contributed by atoms with Crippen LogP contribution in [0.4, 0.5) is 11.5 Å². The molecule has 0 aliphatic heterocycles. The summed E-state index contributed by atoms with van der Waals surface area (Å²) in [6.45, 7) is 2.82. The smallest absolute Gasteiger partial charge is 0.142 e. The summed E-state index contributed by atoms with van der Waals surface area (Å²) in [5, 5.41) is 4.66. The third kappa shape index (κ3) is 2.65. The molecule has 4 rings (SSSR count). The van der Waals surface area contributed by atoms with Crippen molar-refractivity contribution >= 4 is 33.1 Å². The molecule has 23 heavy (non-hydrogen) atoms. The Morgan fingerprint density at radius 1 is 1.22 bits per heavy atom. The van der Waals surface area contributed by atoms with Gasteiger partial charge >= 0.3 is 0 Å². The van der Waals surface area contributed by atoms with Crippen LogP contribution in [0.15, 0.2) is 30.6 Å². The second kappa shape index (κ2) is 6.16. The van der Waals surface area contributed by atoms with E-state index in [1.807, 2.05) is 24.3 Å². The summed E-state index contributed by atoms with van der Waals surface area (Å²) < 4.78 is 5.84. The van der Waals surface area contributed by atoms with Gasteiger partial charge in [-0.25, -0.2) is 9.97 Å². The highest BCUT2D eigenvalue weighted by molar-refractivity contribution is 7.19. The molecular weight excluding hydrogens is 306 g/mol. The zero-order valence-electron chi connectivity index (χ0n) is 13.1. The third-order valence-electron chi connectivity index (χ3n) is 4.10. The lowest BCUT2D eigenvalue weighted by Gasteiger charge is -2.13. The van der Waals surface area contributed by atoms with Crippen molar-refractivity contribution in [1.29, 1.82) is 0 Å². The molecule has 0 saturated heterocycles. The maximum Gasteiger partial charge on any atom is 0.142 e. The van der Waals surface area contributed by atoms with Crippen molar-refractivity contribution in [2.75, 3.05) is 11.9 Å². The third-order valence-corrected chi connectivity index (χ3v) is 5.30. The van der Waals surface area contributed by atoms with E-state index in [1.54, 1.807) is 17.7 Å². The number of benzene rings is 1. The van der Waals surface area contributed by atoms with Gasteiger partial charge in [-0.1, -0.05) is 19.1 Å². The number of fused-ring (bicyclic) bond motifs is 3. The normalized spacial score (nSPS) is 13.3. The Balaban J connectivity index is 1.74. The molecule has 3 aromatic rings. The quantitative estimate of drug-likeness (QED) is 0.738. The Morgan fingerprint density at radius 2 is 2.13 bits per heavy atom. The van der Waals surface area contributed by atoms with Crippen LogP contribution in [0.25, 0.3) is 10.2 Å². The number of aromatic nitrogens is 2. The molecule has 0 spiro atoms. The van der Waals surface area contributed by atoms with Crippen molar-refractivity contribution in [2.24, 2.45) is 0 Å². The van der Waals surface area contributed by atoms with Crippen LogP contribution in [0.5, 0.6) is 5.75 Å². The number of thiophene rings is 1. The molecule has 5 heteroatoms. The highest BCUT2D eigenvalue weighted by atomic mass is 32.1. The van der Waals surface area contributed by atoms with Crippen molar-refractivity contribution < 1.29 is 4.74 Å². The predicted molar refractivity (Wildman–Crippen MR) is 95.0 cm³/mol. The Morgan fingerprint density at radius 3 is 3.04 bits per heavy atom. The Labute approximate surface area is 139 Å². The molecular formula is C18H19N3OS. The van der Waals surface area contributed by atoms with Crippen LogP contribution in [-0.2, 0) is 12.8 Å². The maximum absolute atomic E-state index is 5.84. The van der Waals surface area contributed by atoms with Crippen LogP contribution < -0.4 is 10.1 Å². The van der Waals surface area contributed by atoms with E-state index >= 15 is 0 Å². The first kappa shape index (κ1) is 14.5. The average molecular weight is 325 g/mol. The van der Waals surface area contributed by atoms with E-state index in [-0.39, 0.29) is 0 Å². The van der Waals surface area contributed by atoms with E-state index in [4.69, 9.17) is 4.74 Å². The second-order valence-corrected chi connectivity index (χ2v) is 6.81. The second-order valence-electron chi connectivity index (χ2n) is 5.73. The van der Waals surface area contributed by atoms with Gasteiger partial charge in [0.15, 0.2) is 0 Å². The monoisotopic (exact) mass is 325 g/mol. The van der Waals surface area contributed by atoms with Gasteiger partial charge in [0.05, 0.1) is 17.7 Å². The summed E-state index contributed by atoms with van der Waals surface area (Å²) >= 11 is 1.81.